The van der Waals surface area contributed by atoms with Gasteiger partial charge in [-0.15, -0.1) is 0 Å². The summed E-state index contributed by atoms with van der Waals surface area (Å²) in [4.78, 5) is 32.4. The van der Waals surface area contributed by atoms with Crippen LogP contribution >= 0.6 is 23.2 Å². The van der Waals surface area contributed by atoms with Crippen LogP contribution in [-0.4, -0.2) is 83.0 Å². The summed E-state index contributed by atoms with van der Waals surface area (Å²) in [6.45, 7) is 6.94. The summed E-state index contributed by atoms with van der Waals surface area (Å²) >= 11 is 12.6. The summed E-state index contributed by atoms with van der Waals surface area (Å²) in [6, 6.07) is 8.09. The van der Waals surface area contributed by atoms with Crippen molar-refractivity contribution in [2.45, 2.75) is 19.4 Å². The van der Waals surface area contributed by atoms with Crippen molar-refractivity contribution in [2.24, 2.45) is 0 Å². The second kappa shape index (κ2) is 13.8. The quantitative estimate of drug-likeness (QED) is 0.163. The van der Waals surface area contributed by atoms with Gasteiger partial charge in [0.2, 0.25) is 5.82 Å². The zero-order valence-electron chi connectivity index (χ0n) is 22.4. The van der Waals surface area contributed by atoms with Crippen LogP contribution in [0.4, 0.5) is 17.3 Å². The second-order valence-electron chi connectivity index (χ2n) is 9.84. The van der Waals surface area contributed by atoms with E-state index in [2.05, 4.69) is 32.5 Å². The first-order chi connectivity index (χ1) is 19.2. The van der Waals surface area contributed by atoms with Crippen LogP contribution < -0.4 is 16.4 Å². The molecular weight excluding hydrogens is 555 g/mol. The predicted molar refractivity (Wildman–Crippen MR) is 159 cm³/mol. The van der Waals surface area contributed by atoms with E-state index in [1.54, 1.807) is 12.1 Å². The third kappa shape index (κ3) is 7.85. The monoisotopic (exact) mass is 588 g/mol. The van der Waals surface area contributed by atoms with E-state index in [0.717, 1.165) is 50.3 Å². The molecule has 13 heteroatoms. The van der Waals surface area contributed by atoms with Gasteiger partial charge in [0.25, 0.3) is 5.91 Å². The van der Waals surface area contributed by atoms with Gasteiger partial charge in [0.05, 0.1) is 10.5 Å². The maximum atomic E-state index is 13.3. The number of nitrogens with two attached hydrogens (primary N) is 1. The minimum Gasteiger partial charge on any atom is -0.378 e. The highest BCUT2D eigenvalue weighted by Crippen LogP contribution is 2.33. The van der Waals surface area contributed by atoms with Crippen molar-refractivity contribution < 1.29 is 9.72 Å². The minimum atomic E-state index is -0.565. The number of carbonyl (C=O) groups excluding carboxylic acids is 1. The van der Waals surface area contributed by atoms with E-state index >= 15 is 0 Å². The van der Waals surface area contributed by atoms with Crippen LogP contribution in [0, 0.1) is 10.1 Å². The number of nitrogens with one attached hydrogen (secondary N) is 2. The molecule has 1 aliphatic heterocycles. The van der Waals surface area contributed by atoms with Gasteiger partial charge in [0.15, 0.2) is 0 Å². The number of nitrogens with zero attached hydrogens (tertiary/aromatic N) is 5. The standard InChI is InChI=1S/C27H34Cl2N8O3/c1-34-12-14-35(15-13-34)10-3-9-32-27(38)22-18-36(17-21(22)20-5-4-19(28)16-23(20)29)11-2-8-31-25-7-6-24(37(39)40)26(30)33-25/h4-7,16-18H,2-3,8-15H2,1H3,(H,32,38)(H3,30,31,33). The Bertz CT molecular complexity index is 1340. The Morgan fingerprint density at radius 1 is 1.05 bits per heavy atom. The maximum Gasteiger partial charge on any atom is 0.311 e. The van der Waals surface area contributed by atoms with E-state index < -0.39 is 4.92 Å². The molecule has 0 unspecified atom stereocenters. The molecule has 4 rings (SSSR count). The molecule has 0 bridgehead atoms. The van der Waals surface area contributed by atoms with E-state index in [1.807, 2.05) is 23.0 Å². The molecule has 4 N–H and O–H groups in total. The van der Waals surface area contributed by atoms with Crippen LogP contribution in [-0.2, 0) is 6.54 Å². The molecule has 1 aromatic carbocycles. The molecule has 0 spiro atoms. The molecule has 1 aliphatic rings. The molecule has 40 heavy (non-hydrogen) atoms. The minimum absolute atomic E-state index is 0.135. The molecule has 0 atom stereocenters. The fourth-order valence-corrected chi connectivity index (χ4v) is 5.12. The number of piperazine rings is 1. The molecule has 0 radical (unpaired) electrons. The number of benzene rings is 1. The molecule has 11 nitrogen and oxygen atoms in total. The molecule has 1 amide bonds. The molecule has 2 aromatic heterocycles. The van der Waals surface area contributed by atoms with E-state index in [4.69, 9.17) is 28.9 Å². The number of aryl methyl sites for hydroxylation is 1. The van der Waals surface area contributed by atoms with Crippen LogP contribution in [0.5, 0.6) is 0 Å². The zero-order valence-corrected chi connectivity index (χ0v) is 23.9. The highest BCUT2D eigenvalue weighted by atomic mass is 35.5. The molecular formula is C27H34Cl2N8O3. The first-order valence-electron chi connectivity index (χ1n) is 13.2. The number of hydrogen-bond donors (Lipinski definition) is 3. The summed E-state index contributed by atoms with van der Waals surface area (Å²) < 4.78 is 1.96. The molecule has 0 aliphatic carbocycles. The van der Waals surface area contributed by atoms with Crippen LogP contribution in [0.1, 0.15) is 23.2 Å². The molecule has 1 fully saturated rings. The topological polar surface area (TPSA) is 135 Å². The first kappa shape index (κ1) is 29.6. The number of hydrogen-bond acceptors (Lipinski definition) is 8. The van der Waals surface area contributed by atoms with Crippen molar-refractivity contribution in [3.05, 3.63) is 68.4 Å². The van der Waals surface area contributed by atoms with Gasteiger partial charge in [0.1, 0.15) is 5.82 Å². The summed E-state index contributed by atoms with van der Waals surface area (Å²) in [7, 11) is 2.14. The van der Waals surface area contributed by atoms with E-state index in [0.29, 0.717) is 47.5 Å². The van der Waals surface area contributed by atoms with Gasteiger partial charge >= 0.3 is 5.69 Å². The number of nitrogen functional groups attached to an aromatic ring is 1. The Morgan fingerprint density at radius 2 is 1.80 bits per heavy atom. The molecule has 1 saturated heterocycles. The van der Waals surface area contributed by atoms with Crippen molar-refractivity contribution in [1.82, 2.24) is 24.7 Å². The molecule has 3 heterocycles. The highest BCUT2D eigenvalue weighted by Gasteiger charge is 2.19. The smallest absolute Gasteiger partial charge is 0.311 e. The highest BCUT2D eigenvalue weighted by molar-refractivity contribution is 6.36. The Morgan fingerprint density at radius 3 is 2.50 bits per heavy atom. The van der Waals surface area contributed by atoms with Crippen molar-refractivity contribution >= 4 is 46.4 Å². The fraction of sp³-hybridized carbons (Fsp3) is 0.407. The Balaban J connectivity index is 1.37. The first-order valence-corrected chi connectivity index (χ1v) is 14.0. The van der Waals surface area contributed by atoms with E-state index in [1.165, 1.54) is 12.1 Å². The summed E-state index contributed by atoms with van der Waals surface area (Å²) in [5.74, 6) is 0.173. The molecule has 3 aromatic rings. The third-order valence-corrected chi connectivity index (χ3v) is 7.42. The second-order valence-corrected chi connectivity index (χ2v) is 10.7. The molecule has 0 saturated carbocycles. The van der Waals surface area contributed by atoms with Gasteiger partial charge in [-0.1, -0.05) is 29.3 Å². The number of halogens is 2. The lowest BCUT2D eigenvalue weighted by Crippen LogP contribution is -2.45. The van der Waals surface area contributed by atoms with E-state index in [9.17, 15) is 14.9 Å². The Labute approximate surface area is 243 Å². The van der Waals surface area contributed by atoms with Gasteiger partial charge in [-0.2, -0.15) is 0 Å². The van der Waals surface area contributed by atoms with Crippen molar-refractivity contribution in [1.29, 1.82) is 0 Å². The number of pyridine rings is 1. The van der Waals surface area contributed by atoms with Gasteiger partial charge < -0.3 is 30.7 Å². The Kier molecular flexibility index (Phi) is 10.2. The number of carbonyl (C=O) groups is 1. The van der Waals surface area contributed by atoms with Crippen LogP contribution in [0.15, 0.2) is 42.7 Å². The van der Waals surface area contributed by atoms with Gasteiger partial charge in [-0.3, -0.25) is 14.9 Å². The zero-order chi connectivity index (χ0) is 28.6. The van der Waals surface area contributed by atoms with Crippen LogP contribution in [0.3, 0.4) is 0 Å². The average molecular weight is 590 g/mol. The number of likely N-dealkylation sites (N-methyl/N-ethyl adjacent to an activating group) is 1. The lowest BCUT2D eigenvalue weighted by molar-refractivity contribution is -0.384. The number of nitro groups is 1. The summed E-state index contributed by atoms with van der Waals surface area (Å²) in [5.41, 5.74) is 7.45. The van der Waals surface area contributed by atoms with Crippen molar-refractivity contribution in [2.75, 3.05) is 63.9 Å². The SMILES string of the molecule is CN1CCN(CCCNC(=O)c2cn(CCCNc3ccc([N+](=O)[O-])c(N)n3)cc2-c2ccc(Cl)cc2Cl)CC1. The van der Waals surface area contributed by atoms with Gasteiger partial charge in [0, 0.05) is 85.4 Å². The summed E-state index contributed by atoms with van der Waals surface area (Å²) in [6.07, 6.45) is 5.32. The predicted octanol–water partition coefficient (Wildman–Crippen LogP) is 4.22. The molecule has 214 valence electrons. The summed E-state index contributed by atoms with van der Waals surface area (Å²) in [5, 5.41) is 18.1. The van der Waals surface area contributed by atoms with Crippen molar-refractivity contribution in [3.63, 3.8) is 0 Å². The maximum absolute atomic E-state index is 13.3. The largest absolute Gasteiger partial charge is 0.378 e. The number of aromatic nitrogens is 2. The van der Waals surface area contributed by atoms with Gasteiger partial charge in [-0.25, -0.2) is 4.98 Å². The average Bonchev–Trinajstić information content (AvgIpc) is 3.34. The van der Waals surface area contributed by atoms with Crippen molar-refractivity contribution in [3.8, 4) is 11.1 Å². The van der Waals surface area contributed by atoms with Crippen LogP contribution in [0.25, 0.3) is 11.1 Å². The lowest BCUT2D eigenvalue weighted by Gasteiger charge is -2.32. The fourth-order valence-electron chi connectivity index (χ4n) is 4.61. The number of rotatable bonds is 12. The normalized spacial score (nSPS) is 14.3. The Hall–Kier alpha value is -3.38. The van der Waals surface area contributed by atoms with Gasteiger partial charge in [-0.05, 0) is 44.6 Å². The third-order valence-electron chi connectivity index (χ3n) is 6.88. The van der Waals surface area contributed by atoms with Crippen LogP contribution in [0.2, 0.25) is 10.0 Å². The number of anilines is 2. The lowest BCUT2D eigenvalue weighted by atomic mass is 10.0. The number of amides is 1. The van der Waals surface area contributed by atoms with E-state index in [-0.39, 0.29) is 17.4 Å².